The van der Waals surface area contributed by atoms with Crippen molar-refractivity contribution in [3.8, 4) is 6.07 Å². The molecule has 1 saturated heterocycles. The van der Waals surface area contributed by atoms with Gasteiger partial charge in [0.25, 0.3) is 0 Å². The van der Waals surface area contributed by atoms with Gasteiger partial charge in [0.05, 0.1) is 12.3 Å². The maximum Gasteiger partial charge on any atom is 0.103 e. The number of rotatable bonds is 4. The Hall–Kier alpha value is -1.38. The van der Waals surface area contributed by atoms with Crippen LogP contribution in [0.5, 0.6) is 0 Å². The van der Waals surface area contributed by atoms with Crippen LogP contribution in [0, 0.1) is 11.3 Å². The van der Waals surface area contributed by atoms with E-state index in [9.17, 15) is 0 Å². The lowest BCUT2D eigenvalue weighted by molar-refractivity contribution is 0.0764. The smallest absolute Gasteiger partial charge is 0.103 e. The van der Waals surface area contributed by atoms with Crippen LogP contribution >= 0.6 is 0 Å². The lowest BCUT2D eigenvalue weighted by atomic mass is 10.0. The molecule has 0 atom stereocenters. The van der Waals surface area contributed by atoms with Gasteiger partial charge in [-0.1, -0.05) is 0 Å². The minimum Gasteiger partial charge on any atom is -0.296 e. The summed E-state index contributed by atoms with van der Waals surface area (Å²) >= 11 is 0. The third-order valence-corrected chi connectivity index (χ3v) is 3.85. The van der Waals surface area contributed by atoms with Gasteiger partial charge < -0.3 is 0 Å². The summed E-state index contributed by atoms with van der Waals surface area (Å²) in [5.41, 5.74) is 0.925. The van der Waals surface area contributed by atoms with E-state index >= 15 is 0 Å². The molecule has 0 aromatic carbocycles. The molecule has 5 nitrogen and oxygen atoms in total. The van der Waals surface area contributed by atoms with Crippen LogP contribution in [0.1, 0.15) is 26.3 Å². The largest absolute Gasteiger partial charge is 0.296 e. The summed E-state index contributed by atoms with van der Waals surface area (Å²) in [5, 5.41) is 13.5. The van der Waals surface area contributed by atoms with Crippen molar-refractivity contribution in [2.24, 2.45) is 0 Å². The number of nitriles is 1. The molecule has 1 aliphatic heterocycles. The molecule has 5 heteroatoms. The highest BCUT2D eigenvalue weighted by atomic mass is 15.3. The topological polar surface area (TPSA) is 48.1 Å². The van der Waals surface area contributed by atoms with Crippen molar-refractivity contribution in [3.05, 3.63) is 18.0 Å². The molecular weight excluding hydrogens is 238 g/mol. The van der Waals surface area contributed by atoms with Gasteiger partial charge in [0.2, 0.25) is 0 Å². The second-order valence-electron chi connectivity index (χ2n) is 5.64. The van der Waals surface area contributed by atoms with Gasteiger partial charge in [-0.2, -0.15) is 10.4 Å². The third-order valence-electron chi connectivity index (χ3n) is 3.85. The Kier molecular flexibility index (Phi) is 4.23. The molecule has 0 N–H and O–H groups in total. The van der Waals surface area contributed by atoms with Crippen molar-refractivity contribution in [2.45, 2.75) is 39.4 Å². The van der Waals surface area contributed by atoms with E-state index in [-0.39, 0.29) is 5.54 Å². The first-order valence-electron chi connectivity index (χ1n) is 6.95. The molecule has 0 bridgehead atoms. The van der Waals surface area contributed by atoms with Crippen LogP contribution in [0.2, 0.25) is 0 Å². The first-order chi connectivity index (χ1) is 9.05. The molecule has 0 saturated carbocycles. The standard InChI is InChI=1S/C14H23N5/c1-4-19-11-13(9-16-19)10-17-5-7-18(8-6-17)14(2,3)12-15/h9,11H,4-8,10H2,1-3H3. The van der Waals surface area contributed by atoms with E-state index in [0.717, 1.165) is 39.3 Å². The number of aromatic nitrogens is 2. The van der Waals surface area contributed by atoms with E-state index in [0.29, 0.717) is 0 Å². The number of aryl methyl sites for hydroxylation is 1. The van der Waals surface area contributed by atoms with Crippen LogP contribution in [0.3, 0.4) is 0 Å². The van der Waals surface area contributed by atoms with Crippen LogP contribution in [0.15, 0.2) is 12.4 Å². The summed E-state index contributed by atoms with van der Waals surface area (Å²) < 4.78 is 1.96. The normalized spacial score (nSPS) is 18.4. The van der Waals surface area contributed by atoms with Crippen LogP contribution in [-0.2, 0) is 13.1 Å². The van der Waals surface area contributed by atoms with E-state index in [1.165, 1.54) is 5.56 Å². The molecule has 2 heterocycles. The number of piperazine rings is 1. The lowest BCUT2D eigenvalue weighted by Gasteiger charge is -2.40. The van der Waals surface area contributed by atoms with E-state index in [4.69, 9.17) is 5.26 Å². The van der Waals surface area contributed by atoms with Gasteiger partial charge in [-0.3, -0.25) is 14.5 Å². The van der Waals surface area contributed by atoms with Gasteiger partial charge in [0, 0.05) is 51.0 Å². The lowest BCUT2D eigenvalue weighted by Crippen LogP contribution is -2.53. The average molecular weight is 261 g/mol. The summed E-state index contributed by atoms with van der Waals surface area (Å²) in [7, 11) is 0. The van der Waals surface area contributed by atoms with E-state index in [2.05, 4.69) is 34.1 Å². The molecule has 19 heavy (non-hydrogen) atoms. The fourth-order valence-corrected chi connectivity index (χ4v) is 2.45. The molecule has 2 rings (SSSR count). The molecule has 1 aromatic rings. The molecule has 1 fully saturated rings. The second kappa shape index (κ2) is 5.72. The average Bonchev–Trinajstić information content (AvgIpc) is 2.87. The minimum atomic E-state index is -0.348. The Labute approximate surface area is 115 Å². The van der Waals surface area contributed by atoms with Crippen LogP contribution < -0.4 is 0 Å². The van der Waals surface area contributed by atoms with Crippen molar-refractivity contribution in [1.82, 2.24) is 19.6 Å². The molecule has 0 amide bonds. The molecule has 0 aliphatic carbocycles. The molecule has 1 aliphatic rings. The Morgan fingerprint density at radius 2 is 2.00 bits per heavy atom. The van der Waals surface area contributed by atoms with Crippen LogP contribution in [0.4, 0.5) is 0 Å². The van der Waals surface area contributed by atoms with Crippen molar-refractivity contribution >= 4 is 0 Å². The van der Waals surface area contributed by atoms with Gasteiger partial charge in [0.15, 0.2) is 0 Å². The fraction of sp³-hybridized carbons (Fsp3) is 0.714. The van der Waals surface area contributed by atoms with E-state index in [1.54, 1.807) is 0 Å². The Bertz CT molecular complexity index is 449. The van der Waals surface area contributed by atoms with E-state index in [1.807, 2.05) is 24.7 Å². The van der Waals surface area contributed by atoms with Crippen LogP contribution in [-0.4, -0.2) is 51.3 Å². The minimum absolute atomic E-state index is 0.348. The molecule has 104 valence electrons. The Morgan fingerprint density at radius 3 is 2.53 bits per heavy atom. The van der Waals surface area contributed by atoms with E-state index < -0.39 is 0 Å². The SMILES string of the molecule is CCn1cc(CN2CCN(C(C)(C)C#N)CC2)cn1. The Balaban J connectivity index is 1.85. The summed E-state index contributed by atoms with van der Waals surface area (Å²) in [4.78, 5) is 4.69. The maximum atomic E-state index is 9.16. The molecule has 0 spiro atoms. The maximum absolute atomic E-state index is 9.16. The summed E-state index contributed by atoms with van der Waals surface area (Å²) in [6, 6.07) is 2.38. The zero-order chi connectivity index (χ0) is 13.9. The Morgan fingerprint density at radius 1 is 1.32 bits per heavy atom. The number of nitrogens with zero attached hydrogens (tertiary/aromatic N) is 5. The predicted molar refractivity (Wildman–Crippen MR) is 74.4 cm³/mol. The number of hydrogen-bond acceptors (Lipinski definition) is 4. The molecule has 0 unspecified atom stereocenters. The van der Waals surface area contributed by atoms with Gasteiger partial charge >= 0.3 is 0 Å². The van der Waals surface area contributed by atoms with Gasteiger partial charge in [-0.15, -0.1) is 0 Å². The van der Waals surface area contributed by atoms with Gasteiger partial charge in [-0.05, 0) is 20.8 Å². The summed E-state index contributed by atoms with van der Waals surface area (Å²) in [6.45, 7) is 11.9. The zero-order valence-corrected chi connectivity index (χ0v) is 12.1. The van der Waals surface area contributed by atoms with Gasteiger partial charge in [0.1, 0.15) is 5.54 Å². The van der Waals surface area contributed by atoms with Crippen molar-refractivity contribution < 1.29 is 0 Å². The van der Waals surface area contributed by atoms with Crippen molar-refractivity contribution in [2.75, 3.05) is 26.2 Å². The molecule has 0 radical (unpaired) electrons. The molecular formula is C14H23N5. The molecule has 1 aromatic heterocycles. The quantitative estimate of drug-likeness (QED) is 0.820. The second-order valence-corrected chi connectivity index (χ2v) is 5.64. The highest BCUT2D eigenvalue weighted by molar-refractivity contribution is 5.05. The first kappa shape index (κ1) is 14.0. The first-order valence-corrected chi connectivity index (χ1v) is 6.95. The number of hydrogen-bond donors (Lipinski definition) is 0. The fourth-order valence-electron chi connectivity index (χ4n) is 2.45. The van der Waals surface area contributed by atoms with Gasteiger partial charge in [-0.25, -0.2) is 0 Å². The monoisotopic (exact) mass is 261 g/mol. The summed E-state index contributed by atoms with van der Waals surface area (Å²) in [6.07, 6.45) is 4.07. The van der Waals surface area contributed by atoms with Crippen molar-refractivity contribution in [1.29, 1.82) is 5.26 Å². The zero-order valence-electron chi connectivity index (χ0n) is 12.1. The predicted octanol–water partition coefficient (Wildman–Crippen LogP) is 1.32. The highest BCUT2D eigenvalue weighted by Gasteiger charge is 2.29. The highest BCUT2D eigenvalue weighted by Crippen LogP contribution is 2.17. The third kappa shape index (κ3) is 3.34. The van der Waals surface area contributed by atoms with Crippen LogP contribution in [0.25, 0.3) is 0 Å². The summed E-state index contributed by atoms with van der Waals surface area (Å²) in [5.74, 6) is 0. The van der Waals surface area contributed by atoms with Crippen molar-refractivity contribution in [3.63, 3.8) is 0 Å².